The molecule has 1 aromatic carbocycles. The maximum absolute atomic E-state index is 13.3. The molecule has 0 aliphatic carbocycles. The number of carboxylic acid groups (broad SMARTS) is 1. The third-order valence-electron chi connectivity index (χ3n) is 6.12. The average Bonchev–Trinajstić information content (AvgIpc) is 2.91. The normalized spacial score (nSPS) is 14.1. The Bertz CT molecular complexity index is 903. The predicted octanol–water partition coefficient (Wildman–Crippen LogP) is -0.188. The number of nitrogens with one attached hydrogen (secondary N) is 3. The van der Waals surface area contributed by atoms with Crippen molar-refractivity contribution in [2.24, 2.45) is 17.2 Å². The number of phenolic OH excluding ortho intramolecular Hbond substituents is 1. The Morgan fingerprint density at radius 2 is 1.31 bits per heavy atom. The largest absolute Gasteiger partial charge is 0.508 e. The Labute approximate surface area is 234 Å². The van der Waals surface area contributed by atoms with Crippen LogP contribution in [0.2, 0.25) is 0 Å². The summed E-state index contributed by atoms with van der Waals surface area (Å²) in [6, 6.07) is 2.06. The second-order valence-electron chi connectivity index (χ2n) is 9.35. The first kappa shape index (κ1) is 34.2. The lowest BCUT2D eigenvalue weighted by Gasteiger charge is -2.25. The standard InChI is InChI=1S/C26H44N6O6S/c1-39-15-12-19(29)23(34)30-20(6-2-4-13-27)24(35)32-22(16-17-8-10-18(33)11-9-17)25(36)31-21(26(37)38)7-3-5-14-28/h8-11,19-22,33H,2-7,12-16,27-29H2,1H3,(H,30,34)(H,31,36)(H,32,35)(H,37,38). The van der Waals surface area contributed by atoms with Crippen LogP contribution in [-0.2, 0) is 25.6 Å². The van der Waals surface area contributed by atoms with Crippen LogP contribution in [0.15, 0.2) is 24.3 Å². The molecule has 0 aliphatic rings. The van der Waals surface area contributed by atoms with Crippen LogP contribution in [0, 0.1) is 0 Å². The fourth-order valence-electron chi connectivity index (χ4n) is 3.79. The summed E-state index contributed by atoms with van der Waals surface area (Å²) in [6.45, 7) is 0.820. The van der Waals surface area contributed by atoms with Gasteiger partial charge in [-0.05, 0) is 87.7 Å². The number of nitrogens with two attached hydrogens (primary N) is 3. The fraction of sp³-hybridized carbons (Fsp3) is 0.615. The minimum atomic E-state index is -1.19. The number of unbranched alkanes of at least 4 members (excludes halogenated alkanes) is 2. The van der Waals surface area contributed by atoms with Crippen molar-refractivity contribution in [3.05, 3.63) is 29.8 Å². The van der Waals surface area contributed by atoms with Crippen molar-refractivity contribution in [3.63, 3.8) is 0 Å². The first-order valence-electron chi connectivity index (χ1n) is 13.2. The van der Waals surface area contributed by atoms with Gasteiger partial charge in [-0.15, -0.1) is 0 Å². The van der Waals surface area contributed by atoms with Crippen molar-refractivity contribution in [2.75, 3.05) is 25.1 Å². The lowest BCUT2D eigenvalue weighted by atomic mass is 10.0. The molecule has 39 heavy (non-hydrogen) atoms. The Morgan fingerprint density at radius 1 is 0.795 bits per heavy atom. The number of aliphatic carboxylic acids is 1. The molecule has 11 N–H and O–H groups in total. The second kappa shape index (κ2) is 19.2. The van der Waals surface area contributed by atoms with E-state index in [4.69, 9.17) is 17.2 Å². The number of carbonyl (C=O) groups is 4. The van der Waals surface area contributed by atoms with Gasteiger partial charge in [0, 0.05) is 6.42 Å². The summed E-state index contributed by atoms with van der Waals surface area (Å²) >= 11 is 1.55. The van der Waals surface area contributed by atoms with Gasteiger partial charge in [0.1, 0.15) is 23.9 Å². The molecule has 0 radical (unpaired) electrons. The number of rotatable bonds is 20. The highest BCUT2D eigenvalue weighted by atomic mass is 32.2. The van der Waals surface area contributed by atoms with Gasteiger partial charge in [-0.25, -0.2) is 4.79 Å². The molecule has 220 valence electrons. The van der Waals surface area contributed by atoms with E-state index in [0.717, 1.165) is 0 Å². The van der Waals surface area contributed by atoms with Crippen molar-refractivity contribution < 1.29 is 29.4 Å². The van der Waals surface area contributed by atoms with Crippen LogP contribution in [0.4, 0.5) is 0 Å². The smallest absolute Gasteiger partial charge is 0.326 e. The molecule has 4 atom stereocenters. The number of aromatic hydroxyl groups is 1. The van der Waals surface area contributed by atoms with E-state index in [1.165, 1.54) is 12.1 Å². The number of carboxylic acids is 1. The van der Waals surface area contributed by atoms with Crippen LogP contribution in [0.5, 0.6) is 5.75 Å². The highest BCUT2D eigenvalue weighted by Crippen LogP contribution is 2.13. The van der Waals surface area contributed by atoms with E-state index in [-0.39, 0.29) is 25.0 Å². The van der Waals surface area contributed by atoms with Gasteiger partial charge >= 0.3 is 5.97 Å². The number of phenols is 1. The fourth-order valence-corrected chi connectivity index (χ4v) is 4.28. The molecule has 4 unspecified atom stereocenters. The summed E-state index contributed by atoms with van der Waals surface area (Å²) in [5, 5.41) is 27.1. The summed E-state index contributed by atoms with van der Waals surface area (Å²) in [5.41, 5.74) is 17.7. The molecule has 12 nitrogen and oxygen atoms in total. The average molecular weight is 569 g/mol. The Hall–Kier alpha value is -2.87. The van der Waals surface area contributed by atoms with Crippen molar-refractivity contribution in [2.45, 2.75) is 75.5 Å². The Morgan fingerprint density at radius 3 is 1.85 bits per heavy atom. The topological polar surface area (TPSA) is 223 Å². The third-order valence-corrected chi connectivity index (χ3v) is 6.76. The Kier molecular flexibility index (Phi) is 16.8. The lowest BCUT2D eigenvalue weighted by molar-refractivity contribution is -0.142. The molecule has 0 bridgehead atoms. The molecule has 0 aliphatic heterocycles. The predicted molar refractivity (Wildman–Crippen MR) is 152 cm³/mol. The van der Waals surface area contributed by atoms with Gasteiger partial charge in [0.15, 0.2) is 0 Å². The zero-order valence-corrected chi connectivity index (χ0v) is 23.4. The number of benzene rings is 1. The molecular formula is C26H44N6O6S. The summed E-state index contributed by atoms with van der Waals surface area (Å²) < 4.78 is 0. The lowest BCUT2D eigenvalue weighted by Crippen LogP contribution is -2.57. The van der Waals surface area contributed by atoms with Crippen LogP contribution in [-0.4, -0.2) is 83.2 Å². The van der Waals surface area contributed by atoms with Gasteiger partial charge in [0.25, 0.3) is 0 Å². The van der Waals surface area contributed by atoms with Crippen molar-refractivity contribution >= 4 is 35.5 Å². The summed E-state index contributed by atoms with van der Waals surface area (Å²) in [6.07, 6.45) is 5.16. The van der Waals surface area contributed by atoms with E-state index in [2.05, 4.69) is 16.0 Å². The van der Waals surface area contributed by atoms with Gasteiger partial charge in [0.2, 0.25) is 17.7 Å². The van der Waals surface area contributed by atoms with Crippen LogP contribution in [0.3, 0.4) is 0 Å². The number of hydrogen-bond donors (Lipinski definition) is 8. The molecule has 0 heterocycles. The number of hydrogen-bond acceptors (Lipinski definition) is 9. The SMILES string of the molecule is CSCCC(N)C(=O)NC(CCCCN)C(=O)NC(Cc1ccc(O)cc1)C(=O)NC(CCCCN)C(=O)O. The van der Waals surface area contributed by atoms with Gasteiger partial charge in [-0.1, -0.05) is 12.1 Å². The Balaban J connectivity index is 3.11. The van der Waals surface area contributed by atoms with Gasteiger partial charge in [-0.3, -0.25) is 14.4 Å². The zero-order chi connectivity index (χ0) is 29.2. The first-order valence-corrected chi connectivity index (χ1v) is 14.6. The van der Waals surface area contributed by atoms with Gasteiger partial charge < -0.3 is 43.4 Å². The highest BCUT2D eigenvalue weighted by molar-refractivity contribution is 7.98. The molecule has 0 aromatic heterocycles. The molecule has 0 spiro atoms. The van der Waals surface area contributed by atoms with Crippen LogP contribution in [0.1, 0.15) is 50.5 Å². The van der Waals surface area contributed by atoms with Crippen LogP contribution >= 0.6 is 11.8 Å². The molecule has 1 aromatic rings. The monoisotopic (exact) mass is 568 g/mol. The molecule has 3 amide bonds. The zero-order valence-electron chi connectivity index (χ0n) is 22.6. The number of amides is 3. The minimum Gasteiger partial charge on any atom is -0.508 e. The second-order valence-corrected chi connectivity index (χ2v) is 10.3. The summed E-state index contributed by atoms with van der Waals surface area (Å²) in [5.74, 6) is -2.21. The maximum Gasteiger partial charge on any atom is 0.326 e. The molecule has 13 heteroatoms. The maximum atomic E-state index is 13.3. The van der Waals surface area contributed by atoms with E-state index in [9.17, 15) is 29.4 Å². The van der Waals surface area contributed by atoms with E-state index >= 15 is 0 Å². The molecule has 1 rings (SSSR count). The summed E-state index contributed by atoms with van der Waals surface area (Å²) in [4.78, 5) is 51.0. The van der Waals surface area contributed by atoms with E-state index in [0.29, 0.717) is 56.5 Å². The van der Waals surface area contributed by atoms with Crippen LogP contribution < -0.4 is 33.2 Å². The van der Waals surface area contributed by atoms with Gasteiger partial charge in [0.05, 0.1) is 6.04 Å². The molecule has 0 saturated heterocycles. The molecular weight excluding hydrogens is 524 g/mol. The third kappa shape index (κ3) is 13.7. The van der Waals surface area contributed by atoms with Crippen LogP contribution in [0.25, 0.3) is 0 Å². The van der Waals surface area contributed by atoms with Crippen molar-refractivity contribution in [3.8, 4) is 5.75 Å². The van der Waals surface area contributed by atoms with Crippen molar-refractivity contribution in [1.29, 1.82) is 0 Å². The van der Waals surface area contributed by atoms with E-state index in [1.807, 2.05) is 6.26 Å². The first-order chi connectivity index (χ1) is 18.6. The number of carbonyl (C=O) groups excluding carboxylic acids is 3. The van der Waals surface area contributed by atoms with Gasteiger partial charge in [-0.2, -0.15) is 11.8 Å². The molecule has 0 saturated carbocycles. The van der Waals surface area contributed by atoms with E-state index < -0.39 is 47.9 Å². The summed E-state index contributed by atoms with van der Waals surface area (Å²) in [7, 11) is 0. The quantitative estimate of drug-likeness (QED) is 0.0968. The number of thioether (sulfide) groups is 1. The molecule has 0 fully saturated rings. The highest BCUT2D eigenvalue weighted by Gasteiger charge is 2.30. The van der Waals surface area contributed by atoms with Crippen molar-refractivity contribution in [1.82, 2.24) is 16.0 Å². The van der Waals surface area contributed by atoms with E-state index in [1.54, 1.807) is 23.9 Å². The minimum absolute atomic E-state index is 0.0314.